The maximum atomic E-state index is 5.90. The fourth-order valence-corrected chi connectivity index (χ4v) is 2.46. The standard InChI is InChI=1S/C10H20N2O2/c1-13-10-7-14-5-3-9(10)12-4-2-8(11)6-12/h8-10H,2-7,11H2,1H3. The van der Waals surface area contributed by atoms with Crippen LogP contribution < -0.4 is 5.73 Å². The molecule has 82 valence electrons. The number of nitrogens with two attached hydrogens (primary N) is 1. The van der Waals surface area contributed by atoms with Crippen LogP contribution in [0.15, 0.2) is 0 Å². The van der Waals surface area contributed by atoms with Crippen molar-refractivity contribution in [2.24, 2.45) is 5.73 Å². The van der Waals surface area contributed by atoms with Crippen LogP contribution in [0.2, 0.25) is 0 Å². The average Bonchev–Trinajstić information content (AvgIpc) is 2.65. The topological polar surface area (TPSA) is 47.7 Å². The van der Waals surface area contributed by atoms with Crippen molar-refractivity contribution in [3.8, 4) is 0 Å². The molecule has 0 aromatic rings. The summed E-state index contributed by atoms with van der Waals surface area (Å²) < 4.78 is 10.9. The van der Waals surface area contributed by atoms with Crippen LogP contribution in [0.1, 0.15) is 12.8 Å². The van der Waals surface area contributed by atoms with Crippen LogP contribution in [0.4, 0.5) is 0 Å². The summed E-state index contributed by atoms with van der Waals surface area (Å²) in [5.41, 5.74) is 5.90. The van der Waals surface area contributed by atoms with Crippen molar-refractivity contribution >= 4 is 0 Å². The van der Waals surface area contributed by atoms with Gasteiger partial charge in [-0.05, 0) is 12.8 Å². The highest BCUT2D eigenvalue weighted by Crippen LogP contribution is 2.21. The molecule has 2 aliphatic heterocycles. The maximum absolute atomic E-state index is 5.90. The van der Waals surface area contributed by atoms with Crippen molar-refractivity contribution in [3.05, 3.63) is 0 Å². The summed E-state index contributed by atoms with van der Waals surface area (Å²) in [6, 6.07) is 0.873. The Labute approximate surface area is 85.3 Å². The SMILES string of the molecule is COC1COCCC1N1CCC(N)C1. The zero-order valence-corrected chi connectivity index (χ0v) is 8.82. The van der Waals surface area contributed by atoms with Crippen LogP contribution in [-0.4, -0.2) is 56.5 Å². The Balaban J connectivity index is 1.93. The molecule has 3 unspecified atom stereocenters. The lowest BCUT2D eigenvalue weighted by Crippen LogP contribution is -2.49. The Morgan fingerprint density at radius 3 is 2.93 bits per heavy atom. The molecule has 0 aliphatic carbocycles. The molecule has 2 heterocycles. The fourth-order valence-electron chi connectivity index (χ4n) is 2.46. The van der Waals surface area contributed by atoms with Crippen LogP contribution >= 0.6 is 0 Å². The number of hydrogen-bond donors (Lipinski definition) is 1. The number of nitrogens with zero attached hydrogens (tertiary/aromatic N) is 1. The number of hydrogen-bond acceptors (Lipinski definition) is 4. The molecule has 2 aliphatic rings. The Bertz CT molecular complexity index is 189. The van der Waals surface area contributed by atoms with Gasteiger partial charge in [0.15, 0.2) is 0 Å². The molecule has 0 saturated carbocycles. The summed E-state index contributed by atoms with van der Waals surface area (Å²) in [6.07, 6.45) is 2.42. The molecule has 2 saturated heterocycles. The van der Waals surface area contributed by atoms with Crippen LogP contribution in [0.3, 0.4) is 0 Å². The zero-order chi connectivity index (χ0) is 9.97. The first-order valence-electron chi connectivity index (χ1n) is 5.41. The molecule has 2 N–H and O–H groups in total. The number of ether oxygens (including phenoxy) is 2. The van der Waals surface area contributed by atoms with Crippen molar-refractivity contribution in [3.63, 3.8) is 0 Å². The van der Waals surface area contributed by atoms with Crippen molar-refractivity contribution in [1.82, 2.24) is 4.90 Å². The zero-order valence-electron chi connectivity index (χ0n) is 8.82. The molecule has 2 rings (SSSR count). The molecular weight excluding hydrogens is 180 g/mol. The summed E-state index contributed by atoms with van der Waals surface area (Å²) in [5.74, 6) is 0. The van der Waals surface area contributed by atoms with Crippen LogP contribution in [0.5, 0.6) is 0 Å². The lowest BCUT2D eigenvalue weighted by atomic mass is 10.0. The van der Waals surface area contributed by atoms with E-state index in [1.807, 2.05) is 0 Å². The predicted molar refractivity (Wildman–Crippen MR) is 54.2 cm³/mol. The smallest absolute Gasteiger partial charge is 0.0960 e. The molecule has 2 fully saturated rings. The predicted octanol–water partition coefficient (Wildman–Crippen LogP) is -0.177. The molecule has 0 amide bonds. The van der Waals surface area contributed by atoms with Gasteiger partial charge >= 0.3 is 0 Å². The molecule has 0 aromatic carbocycles. The summed E-state index contributed by atoms with van der Waals surface area (Å²) >= 11 is 0. The highest BCUT2D eigenvalue weighted by atomic mass is 16.5. The van der Waals surface area contributed by atoms with Crippen molar-refractivity contribution in [1.29, 1.82) is 0 Å². The van der Waals surface area contributed by atoms with E-state index >= 15 is 0 Å². The second-order valence-corrected chi connectivity index (χ2v) is 4.25. The molecule has 0 radical (unpaired) electrons. The van der Waals surface area contributed by atoms with Crippen molar-refractivity contribution in [2.75, 3.05) is 33.4 Å². The van der Waals surface area contributed by atoms with Crippen LogP contribution in [0.25, 0.3) is 0 Å². The molecule has 0 spiro atoms. The van der Waals surface area contributed by atoms with Gasteiger partial charge in [0.25, 0.3) is 0 Å². The minimum absolute atomic E-state index is 0.231. The van der Waals surface area contributed by atoms with Crippen LogP contribution in [0, 0.1) is 0 Å². The second kappa shape index (κ2) is 4.57. The maximum Gasteiger partial charge on any atom is 0.0960 e. The van der Waals surface area contributed by atoms with Crippen molar-refractivity contribution < 1.29 is 9.47 Å². The van der Waals surface area contributed by atoms with E-state index < -0.39 is 0 Å². The normalized spacial score (nSPS) is 40.3. The lowest BCUT2D eigenvalue weighted by Gasteiger charge is -2.36. The molecule has 0 aromatic heterocycles. The number of likely N-dealkylation sites (tertiary alicyclic amines) is 1. The summed E-state index contributed by atoms with van der Waals surface area (Å²) in [4.78, 5) is 2.46. The fraction of sp³-hybridized carbons (Fsp3) is 1.00. The van der Waals surface area contributed by atoms with Gasteiger partial charge in [0, 0.05) is 38.9 Å². The minimum Gasteiger partial charge on any atom is -0.379 e. The van der Waals surface area contributed by atoms with E-state index in [0.29, 0.717) is 12.1 Å². The third kappa shape index (κ3) is 2.08. The highest BCUT2D eigenvalue weighted by Gasteiger charge is 2.34. The van der Waals surface area contributed by atoms with E-state index in [4.69, 9.17) is 15.2 Å². The van der Waals surface area contributed by atoms with E-state index in [1.54, 1.807) is 7.11 Å². The van der Waals surface area contributed by atoms with Gasteiger partial charge in [-0.15, -0.1) is 0 Å². The molecular formula is C10H20N2O2. The quantitative estimate of drug-likeness (QED) is 0.672. The average molecular weight is 200 g/mol. The van der Waals surface area contributed by atoms with Gasteiger partial charge in [-0.25, -0.2) is 0 Å². The molecule has 4 nitrogen and oxygen atoms in total. The number of methoxy groups -OCH3 is 1. The van der Waals surface area contributed by atoms with Gasteiger partial charge < -0.3 is 15.2 Å². The van der Waals surface area contributed by atoms with Gasteiger partial charge in [-0.1, -0.05) is 0 Å². The monoisotopic (exact) mass is 200 g/mol. The summed E-state index contributed by atoms with van der Waals surface area (Å²) in [6.45, 7) is 3.72. The molecule has 4 heteroatoms. The number of rotatable bonds is 2. The molecule has 0 bridgehead atoms. The van der Waals surface area contributed by atoms with Gasteiger partial charge in [0.2, 0.25) is 0 Å². The lowest BCUT2D eigenvalue weighted by molar-refractivity contribution is -0.0785. The Morgan fingerprint density at radius 1 is 1.43 bits per heavy atom. The Kier molecular flexibility index (Phi) is 3.38. The Hall–Kier alpha value is -0.160. The van der Waals surface area contributed by atoms with Gasteiger partial charge in [-0.2, -0.15) is 0 Å². The Morgan fingerprint density at radius 2 is 2.29 bits per heavy atom. The molecule has 14 heavy (non-hydrogen) atoms. The van der Waals surface area contributed by atoms with Crippen molar-refractivity contribution in [2.45, 2.75) is 31.0 Å². The van der Waals surface area contributed by atoms with E-state index in [1.165, 1.54) is 0 Å². The summed E-state index contributed by atoms with van der Waals surface area (Å²) in [5, 5.41) is 0. The van der Waals surface area contributed by atoms with E-state index in [-0.39, 0.29) is 6.10 Å². The molecule has 3 atom stereocenters. The minimum atomic E-state index is 0.231. The third-order valence-corrected chi connectivity index (χ3v) is 3.30. The second-order valence-electron chi connectivity index (χ2n) is 4.25. The van der Waals surface area contributed by atoms with Gasteiger partial charge in [0.05, 0.1) is 12.7 Å². The van der Waals surface area contributed by atoms with E-state index in [2.05, 4.69) is 4.90 Å². The van der Waals surface area contributed by atoms with Crippen LogP contribution in [-0.2, 0) is 9.47 Å². The highest BCUT2D eigenvalue weighted by molar-refractivity contribution is 4.89. The van der Waals surface area contributed by atoms with Gasteiger partial charge in [-0.3, -0.25) is 4.90 Å². The summed E-state index contributed by atoms with van der Waals surface area (Å²) in [7, 11) is 1.77. The van der Waals surface area contributed by atoms with Gasteiger partial charge in [0.1, 0.15) is 0 Å². The first kappa shape index (κ1) is 10.4. The van der Waals surface area contributed by atoms with E-state index in [0.717, 1.165) is 39.1 Å². The third-order valence-electron chi connectivity index (χ3n) is 3.30. The van der Waals surface area contributed by atoms with E-state index in [9.17, 15) is 0 Å². The first-order chi connectivity index (χ1) is 6.81. The first-order valence-corrected chi connectivity index (χ1v) is 5.41. The largest absolute Gasteiger partial charge is 0.379 e.